The molecule has 24 heavy (non-hydrogen) atoms. The second-order valence-electron chi connectivity index (χ2n) is 4.60. The molecule has 0 aliphatic carbocycles. The maximum Gasteiger partial charge on any atom is 0.275 e. The van der Waals surface area contributed by atoms with Crippen LogP contribution < -0.4 is 14.8 Å². The molecule has 1 heterocycles. The van der Waals surface area contributed by atoms with Crippen molar-refractivity contribution >= 4 is 45.5 Å². The van der Waals surface area contributed by atoms with Crippen LogP contribution in [0.1, 0.15) is 23.0 Å². The average Bonchev–Trinajstić information content (AvgIpc) is 2.83. The van der Waals surface area contributed by atoms with Gasteiger partial charge in [-0.1, -0.05) is 6.92 Å². The third kappa shape index (κ3) is 4.05. The van der Waals surface area contributed by atoms with Crippen LogP contribution in [0.4, 0.5) is 15.9 Å². The van der Waals surface area contributed by atoms with E-state index in [0.717, 1.165) is 12.6 Å². The molecule has 3 N–H and O–H groups in total. The van der Waals surface area contributed by atoms with Gasteiger partial charge in [-0.25, -0.2) is 9.11 Å². The predicted molar refractivity (Wildman–Crippen MR) is 94.9 cm³/mol. The smallest absolute Gasteiger partial charge is 0.275 e. The normalized spacial score (nSPS) is 10.3. The fourth-order valence-electron chi connectivity index (χ4n) is 1.85. The molecule has 0 aliphatic rings. The Morgan fingerprint density at radius 3 is 2.96 bits per heavy atom. The second kappa shape index (κ2) is 8.14. The summed E-state index contributed by atoms with van der Waals surface area (Å²) in [6, 6.07) is 5.53. The van der Waals surface area contributed by atoms with Crippen molar-refractivity contribution in [1.29, 1.82) is 5.26 Å². The monoisotopic (exact) mass is 412 g/mol. The quantitative estimate of drug-likeness (QED) is 0.498. The molecule has 0 unspecified atom stereocenters. The van der Waals surface area contributed by atoms with Crippen molar-refractivity contribution in [1.82, 2.24) is 14.5 Å². The number of hydrogen-bond acceptors (Lipinski definition) is 6. The van der Waals surface area contributed by atoms with Gasteiger partial charge in [0.2, 0.25) is 0 Å². The van der Waals surface area contributed by atoms with E-state index in [4.69, 9.17) is 5.26 Å². The zero-order valence-corrected chi connectivity index (χ0v) is 15.3. The van der Waals surface area contributed by atoms with Crippen molar-refractivity contribution in [3.05, 3.63) is 39.7 Å². The standard InChI is InChI=1S/C14H14BrFN6OS/c1-3-18-24-21-13-11(15)12(22(2)20-13)14(23)19-9-4-5-10(16)8(6-9)7-17/h4-6,18H,3H2,1-2H3,(H,19,23)(H,20,21). The highest BCUT2D eigenvalue weighted by Gasteiger charge is 2.21. The van der Waals surface area contributed by atoms with E-state index in [1.54, 1.807) is 13.1 Å². The topological polar surface area (TPSA) is 94.8 Å². The SMILES string of the molecule is CCNSNc1nn(C)c(C(=O)Nc2ccc(F)c(C#N)c2)c1Br. The zero-order chi connectivity index (χ0) is 17.7. The molecular weight excluding hydrogens is 399 g/mol. The van der Waals surface area contributed by atoms with Crippen LogP contribution in [0.3, 0.4) is 0 Å². The Kier molecular flexibility index (Phi) is 6.19. The Balaban J connectivity index is 2.19. The van der Waals surface area contributed by atoms with E-state index >= 15 is 0 Å². The van der Waals surface area contributed by atoms with Gasteiger partial charge in [-0.2, -0.15) is 10.4 Å². The van der Waals surface area contributed by atoms with Crippen LogP contribution in [0.25, 0.3) is 0 Å². The number of aryl methyl sites for hydroxylation is 1. The largest absolute Gasteiger partial charge is 0.321 e. The molecule has 10 heteroatoms. The maximum absolute atomic E-state index is 13.3. The molecule has 1 amide bonds. The Hall–Kier alpha value is -2.09. The Morgan fingerprint density at radius 1 is 1.54 bits per heavy atom. The highest BCUT2D eigenvalue weighted by molar-refractivity contribution is 9.10. The molecule has 0 saturated heterocycles. The molecule has 1 aromatic carbocycles. The number of carbonyl (C=O) groups excluding carboxylic acids is 1. The molecule has 0 saturated carbocycles. The fraction of sp³-hybridized carbons (Fsp3) is 0.214. The summed E-state index contributed by atoms with van der Waals surface area (Å²) in [6.45, 7) is 2.72. The summed E-state index contributed by atoms with van der Waals surface area (Å²) < 4.78 is 21.2. The molecule has 2 aromatic rings. The summed E-state index contributed by atoms with van der Waals surface area (Å²) in [5, 5.41) is 15.7. The van der Waals surface area contributed by atoms with Gasteiger partial charge in [0, 0.05) is 31.4 Å². The van der Waals surface area contributed by atoms with Gasteiger partial charge < -0.3 is 5.32 Å². The van der Waals surface area contributed by atoms with Crippen LogP contribution in [-0.4, -0.2) is 22.2 Å². The summed E-state index contributed by atoms with van der Waals surface area (Å²) >= 11 is 4.60. The first-order valence-electron chi connectivity index (χ1n) is 6.86. The lowest BCUT2D eigenvalue weighted by Crippen LogP contribution is -2.16. The van der Waals surface area contributed by atoms with Crippen molar-refractivity contribution in [2.24, 2.45) is 7.05 Å². The lowest BCUT2D eigenvalue weighted by atomic mass is 10.2. The third-order valence-electron chi connectivity index (χ3n) is 2.91. The molecule has 0 fully saturated rings. The molecule has 0 radical (unpaired) electrons. The number of nitrogens with one attached hydrogen (secondary N) is 3. The number of benzene rings is 1. The number of amides is 1. The number of carbonyl (C=O) groups is 1. The number of nitrogens with zero attached hydrogens (tertiary/aromatic N) is 3. The minimum atomic E-state index is -0.635. The third-order valence-corrected chi connectivity index (χ3v) is 4.39. The Bertz CT molecular complexity index is 803. The lowest BCUT2D eigenvalue weighted by molar-refractivity contribution is 0.101. The molecule has 7 nitrogen and oxygen atoms in total. The molecule has 126 valence electrons. The van der Waals surface area contributed by atoms with E-state index in [1.165, 1.54) is 28.9 Å². The number of halogens is 2. The number of nitriles is 1. The van der Waals surface area contributed by atoms with Crippen LogP contribution in [0.2, 0.25) is 0 Å². The predicted octanol–water partition coefficient (Wildman–Crippen LogP) is 3.03. The van der Waals surface area contributed by atoms with E-state index in [9.17, 15) is 9.18 Å². The first-order valence-corrected chi connectivity index (χ1v) is 8.47. The summed E-state index contributed by atoms with van der Waals surface area (Å²) in [6.07, 6.45) is 0. The molecule has 2 rings (SSSR count). The molecular formula is C14H14BrFN6OS. The Morgan fingerprint density at radius 2 is 2.29 bits per heavy atom. The average molecular weight is 413 g/mol. The number of rotatable bonds is 6. The summed E-state index contributed by atoms with van der Waals surface area (Å²) in [5.74, 6) is -0.580. The van der Waals surface area contributed by atoms with Crippen molar-refractivity contribution in [2.45, 2.75) is 6.92 Å². The zero-order valence-electron chi connectivity index (χ0n) is 12.9. The highest BCUT2D eigenvalue weighted by Crippen LogP contribution is 2.27. The Labute approximate surface area is 151 Å². The summed E-state index contributed by atoms with van der Waals surface area (Å²) in [7, 11) is 1.63. The van der Waals surface area contributed by atoms with Crippen molar-refractivity contribution in [3.8, 4) is 6.07 Å². The van der Waals surface area contributed by atoms with Gasteiger partial charge in [-0.15, -0.1) is 0 Å². The van der Waals surface area contributed by atoms with Crippen LogP contribution >= 0.6 is 28.1 Å². The van der Waals surface area contributed by atoms with Gasteiger partial charge in [0.1, 0.15) is 17.6 Å². The molecule has 0 bridgehead atoms. The summed E-state index contributed by atoms with van der Waals surface area (Å²) in [4.78, 5) is 12.5. The van der Waals surface area contributed by atoms with Crippen molar-refractivity contribution in [2.75, 3.05) is 16.6 Å². The van der Waals surface area contributed by atoms with Crippen LogP contribution in [0.5, 0.6) is 0 Å². The first kappa shape index (κ1) is 18.3. The maximum atomic E-state index is 13.3. The van der Waals surface area contributed by atoms with Gasteiger partial charge in [0.05, 0.1) is 10.0 Å². The van der Waals surface area contributed by atoms with Gasteiger partial charge in [0.25, 0.3) is 5.91 Å². The van der Waals surface area contributed by atoms with Crippen LogP contribution in [0, 0.1) is 17.1 Å². The first-order chi connectivity index (χ1) is 11.5. The fourth-order valence-corrected chi connectivity index (χ4v) is 3.05. The number of hydrogen-bond donors (Lipinski definition) is 3. The number of aromatic nitrogens is 2. The highest BCUT2D eigenvalue weighted by atomic mass is 79.9. The van der Waals surface area contributed by atoms with E-state index in [1.807, 2.05) is 6.92 Å². The number of anilines is 2. The van der Waals surface area contributed by atoms with Gasteiger partial charge in [-0.3, -0.25) is 14.2 Å². The van der Waals surface area contributed by atoms with Gasteiger partial charge in [-0.05, 0) is 34.1 Å². The van der Waals surface area contributed by atoms with E-state index in [0.29, 0.717) is 16.0 Å². The van der Waals surface area contributed by atoms with Gasteiger partial charge >= 0.3 is 0 Å². The molecule has 0 spiro atoms. The van der Waals surface area contributed by atoms with E-state index in [-0.39, 0.29) is 11.3 Å². The van der Waals surface area contributed by atoms with Crippen LogP contribution in [-0.2, 0) is 7.05 Å². The van der Waals surface area contributed by atoms with E-state index in [2.05, 4.69) is 35.8 Å². The van der Waals surface area contributed by atoms with Crippen molar-refractivity contribution < 1.29 is 9.18 Å². The second-order valence-corrected chi connectivity index (χ2v) is 6.09. The molecule has 0 aliphatic heterocycles. The molecule has 1 aromatic heterocycles. The van der Waals surface area contributed by atoms with Crippen molar-refractivity contribution in [3.63, 3.8) is 0 Å². The van der Waals surface area contributed by atoms with E-state index < -0.39 is 11.7 Å². The van der Waals surface area contributed by atoms with Crippen LogP contribution in [0.15, 0.2) is 22.7 Å². The lowest BCUT2D eigenvalue weighted by Gasteiger charge is -2.06. The minimum Gasteiger partial charge on any atom is -0.321 e. The van der Waals surface area contributed by atoms with Gasteiger partial charge in [0.15, 0.2) is 5.82 Å². The summed E-state index contributed by atoms with van der Waals surface area (Å²) in [5.41, 5.74) is 0.473. The minimum absolute atomic E-state index is 0.138. The molecule has 0 atom stereocenters.